The Morgan fingerprint density at radius 2 is 0.356 bits per heavy atom. The molecule has 0 aliphatic rings. The Morgan fingerprint density at radius 1 is 0.156 bits per heavy atom. The molecule has 0 saturated carbocycles. The van der Waals surface area contributed by atoms with Crippen molar-refractivity contribution in [2.24, 2.45) is 0 Å². The van der Waals surface area contributed by atoms with Crippen LogP contribution in [0.2, 0.25) is 0 Å². The molecule has 0 bridgehead atoms. The summed E-state index contributed by atoms with van der Waals surface area (Å²) in [7, 11) is 0. The summed E-state index contributed by atoms with van der Waals surface area (Å²) in [4.78, 5) is 4.77. The second-order valence-corrected chi connectivity index (χ2v) is 23.1. The summed E-state index contributed by atoms with van der Waals surface area (Å²) in [5.41, 5.74) is 19.3. The smallest absolute Gasteiger partial charge is 0.0701 e. The molecule has 0 heterocycles. The molecule has 2 nitrogen and oxygen atoms in total. The van der Waals surface area contributed by atoms with Gasteiger partial charge in [0, 0.05) is 34.1 Å². The lowest BCUT2D eigenvalue weighted by molar-refractivity contribution is 0.745. The zero-order valence-corrected chi connectivity index (χ0v) is 49.8. The molecule has 0 unspecified atom stereocenters. The normalized spacial score (nSPS) is 11.6. The van der Waals surface area contributed by atoms with Crippen LogP contribution in [-0.4, -0.2) is 0 Å². The highest BCUT2D eigenvalue weighted by Crippen LogP contribution is 2.52. The average molecular weight is 1150 g/mol. The van der Waals surface area contributed by atoms with Crippen LogP contribution in [0.4, 0.5) is 34.1 Å². The fourth-order valence-corrected chi connectivity index (χ4v) is 14.2. The number of nitrogens with zero attached hydrogens (tertiary/aromatic N) is 2. The lowest BCUT2D eigenvalue weighted by Crippen LogP contribution is -2.30. The van der Waals surface area contributed by atoms with E-state index in [1.807, 2.05) is 0 Å². The topological polar surface area (TPSA) is 6.48 Å². The highest BCUT2D eigenvalue weighted by Gasteiger charge is 2.40. The summed E-state index contributed by atoms with van der Waals surface area (Å²) in [5.74, 6) is 0. The van der Waals surface area contributed by atoms with Crippen LogP contribution in [0.5, 0.6) is 0 Å². The second kappa shape index (κ2) is 24.3. The number of fused-ring (bicyclic) bond motifs is 2. The van der Waals surface area contributed by atoms with Gasteiger partial charge in [-0.1, -0.05) is 315 Å². The zero-order chi connectivity index (χ0) is 60.1. The molecule has 0 spiro atoms. The fraction of sp³-hybridized carbons (Fsp3) is 0.0227. The molecule has 0 amide bonds. The molecule has 0 fully saturated rings. The van der Waals surface area contributed by atoms with Crippen molar-refractivity contribution in [3.63, 3.8) is 0 Å². The van der Waals surface area contributed by atoms with E-state index >= 15 is 0 Å². The van der Waals surface area contributed by atoms with E-state index in [0.29, 0.717) is 0 Å². The molecule has 15 rings (SSSR count). The van der Waals surface area contributed by atoms with Crippen molar-refractivity contribution in [1.29, 1.82) is 0 Å². The van der Waals surface area contributed by atoms with Gasteiger partial charge in [0.05, 0.1) is 10.8 Å². The number of hydrogen-bond donors (Lipinski definition) is 0. The Labute approximate surface area is 528 Å². The van der Waals surface area contributed by atoms with Gasteiger partial charge < -0.3 is 9.80 Å². The van der Waals surface area contributed by atoms with Crippen molar-refractivity contribution in [1.82, 2.24) is 0 Å². The van der Waals surface area contributed by atoms with Crippen LogP contribution in [-0.2, 0) is 10.8 Å². The third-order valence-electron chi connectivity index (χ3n) is 18.1. The standard InChI is InChI=1S/C88H64N2/c1-11-31-67(32-12-1)87(68-33-13-2-14-34-68,69-35-15-3-16-36-69)73-55-51-65(52-56-73)85-81-61-59-79(89(75-43-23-7-24-44-75)76-45-25-8-26-46-76)63-83(81)86(84-64-80(60-62-82(84)85)90(77-47-27-9-28-48-77)78-49-29-10-30-50-78)66-53-57-74(58-54-66)88(70-37-17-4-18-38-70,71-39-19-5-20-40-71)72-41-21-6-22-42-72/h1-64H. The summed E-state index contributed by atoms with van der Waals surface area (Å²) >= 11 is 0. The first-order chi connectivity index (χ1) is 44.7. The molecule has 0 radical (unpaired) electrons. The number of hydrogen-bond acceptors (Lipinski definition) is 2. The Bertz CT molecular complexity index is 4440. The lowest BCUT2D eigenvalue weighted by atomic mass is 9.65. The maximum absolute atomic E-state index is 2.45. The third-order valence-corrected chi connectivity index (χ3v) is 18.1. The van der Waals surface area contributed by atoms with Crippen LogP contribution >= 0.6 is 0 Å². The predicted molar refractivity (Wildman–Crippen MR) is 378 cm³/mol. The van der Waals surface area contributed by atoms with E-state index in [2.05, 4.69) is 398 Å². The van der Waals surface area contributed by atoms with E-state index in [1.54, 1.807) is 0 Å². The molecule has 15 aromatic rings. The summed E-state index contributed by atoms with van der Waals surface area (Å²) in [6, 6.07) is 142. The van der Waals surface area contributed by atoms with Gasteiger partial charge in [0.15, 0.2) is 0 Å². The van der Waals surface area contributed by atoms with Crippen molar-refractivity contribution in [2.45, 2.75) is 10.8 Å². The van der Waals surface area contributed by atoms with Crippen LogP contribution in [0.3, 0.4) is 0 Å². The molecular weight excluding hydrogens is 1080 g/mol. The van der Waals surface area contributed by atoms with Crippen LogP contribution in [0.15, 0.2) is 388 Å². The van der Waals surface area contributed by atoms with E-state index in [0.717, 1.165) is 72.4 Å². The number of anilines is 6. The fourth-order valence-electron chi connectivity index (χ4n) is 14.2. The maximum atomic E-state index is 2.45. The van der Waals surface area contributed by atoms with Gasteiger partial charge in [0.2, 0.25) is 0 Å². The van der Waals surface area contributed by atoms with Crippen LogP contribution in [0.25, 0.3) is 43.8 Å². The third kappa shape index (κ3) is 9.82. The first-order valence-corrected chi connectivity index (χ1v) is 31.1. The molecule has 0 aromatic heterocycles. The van der Waals surface area contributed by atoms with Gasteiger partial charge in [-0.25, -0.2) is 0 Å². The Balaban J connectivity index is 1.03. The van der Waals surface area contributed by atoms with Gasteiger partial charge in [-0.3, -0.25) is 0 Å². The van der Waals surface area contributed by atoms with Crippen LogP contribution in [0, 0.1) is 0 Å². The predicted octanol–water partition coefficient (Wildman–Crippen LogP) is 23.0. The molecule has 0 aliphatic heterocycles. The summed E-state index contributed by atoms with van der Waals surface area (Å²) in [6.45, 7) is 0. The maximum Gasteiger partial charge on any atom is 0.0701 e. The Hall–Kier alpha value is -11.6. The SMILES string of the molecule is c1ccc(N(c2ccccc2)c2ccc3c(-c4ccc(C(c5ccccc5)(c5ccccc5)c5ccccc5)cc4)c4ccc(N(c5ccccc5)c5ccccc5)cc4c(-c4ccc(C(c5ccccc5)(c5ccccc5)c5ccccc5)cc4)c3c2)cc1. The van der Waals surface area contributed by atoms with E-state index in [9.17, 15) is 0 Å². The van der Waals surface area contributed by atoms with Crippen molar-refractivity contribution < 1.29 is 0 Å². The molecule has 2 heteroatoms. The molecule has 426 valence electrons. The van der Waals surface area contributed by atoms with Gasteiger partial charge in [-0.05, 0) is 161 Å². The molecule has 90 heavy (non-hydrogen) atoms. The highest BCUT2D eigenvalue weighted by molar-refractivity contribution is 6.22. The minimum atomic E-state index is -0.625. The van der Waals surface area contributed by atoms with Crippen LogP contribution < -0.4 is 9.80 Å². The number of benzene rings is 15. The van der Waals surface area contributed by atoms with Gasteiger partial charge in [0.1, 0.15) is 0 Å². The molecular formula is C88H64N2. The van der Waals surface area contributed by atoms with E-state index in [-0.39, 0.29) is 0 Å². The highest BCUT2D eigenvalue weighted by atomic mass is 15.1. The van der Waals surface area contributed by atoms with E-state index < -0.39 is 10.8 Å². The first kappa shape index (κ1) is 55.0. The minimum Gasteiger partial charge on any atom is -0.310 e. The number of para-hydroxylation sites is 4. The van der Waals surface area contributed by atoms with Gasteiger partial charge in [-0.2, -0.15) is 0 Å². The van der Waals surface area contributed by atoms with E-state index in [4.69, 9.17) is 0 Å². The largest absolute Gasteiger partial charge is 0.310 e. The average Bonchev–Trinajstić information content (AvgIpc) is 0.946. The molecule has 15 aromatic carbocycles. The van der Waals surface area contributed by atoms with Gasteiger partial charge in [-0.15, -0.1) is 0 Å². The first-order valence-electron chi connectivity index (χ1n) is 31.1. The molecule has 0 atom stereocenters. The Morgan fingerprint density at radius 3 is 0.589 bits per heavy atom. The van der Waals surface area contributed by atoms with Crippen molar-refractivity contribution in [2.75, 3.05) is 9.80 Å². The molecule has 0 N–H and O–H groups in total. The summed E-state index contributed by atoms with van der Waals surface area (Å²) in [5, 5.41) is 4.59. The zero-order valence-electron chi connectivity index (χ0n) is 49.8. The summed E-state index contributed by atoms with van der Waals surface area (Å²) in [6.07, 6.45) is 0. The Kier molecular flexibility index (Phi) is 14.9. The minimum absolute atomic E-state index is 0.609. The second-order valence-electron chi connectivity index (χ2n) is 23.1. The number of rotatable bonds is 16. The van der Waals surface area contributed by atoms with Gasteiger partial charge in [0.25, 0.3) is 0 Å². The van der Waals surface area contributed by atoms with Crippen LogP contribution in [0.1, 0.15) is 44.5 Å². The summed E-state index contributed by atoms with van der Waals surface area (Å²) < 4.78 is 0. The van der Waals surface area contributed by atoms with E-state index in [1.165, 1.54) is 50.1 Å². The molecule has 0 saturated heterocycles. The lowest BCUT2D eigenvalue weighted by Gasteiger charge is -2.37. The van der Waals surface area contributed by atoms with Crippen molar-refractivity contribution in [3.05, 3.63) is 433 Å². The molecule has 0 aliphatic carbocycles. The monoisotopic (exact) mass is 1150 g/mol. The van der Waals surface area contributed by atoms with Crippen molar-refractivity contribution >= 4 is 55.7 Å². The quantitative estimate of drug-likeness (QED) is 0.0703. The van der Waals surface area contributed by atoms with Gasteiger partial charge >= 0.3 is 0 Å². The van der Waals surface area contributed by atoms with Crippen molar-refractivity contribution in [3.8, 4) is 22.3 Å².